The molecular weight excluding hydrogens is 536 g/mol. The molecule has 1 aliphatic heterocycles. The van der Waals surface area contributed by atoms with Crippen LogP contribution >= 0.6 is 27.7 Å². The summed E-state index contributed by atoms with van der Waals surface area (Å²) < 4.78 is 25.7. The van der Waals surface area contributed by atoms with Crippen molar-refractivity contribution in [2.45, 2.75) is 108 Å². The molecule has 3 N–H and O–H groups in total. The monoisotopic (exact) mass is 576 g/mol. The lowest BCUT2D eigenvalue weighted by molar-refractivity contribution is -0.167. The van der Waals surface area contributed by atoms with Gasteiger partial charge in [-0.1, -0.05) is 39.5 Å². The van der Waals surface area contributed by atoms with Crippen molar-refractivity contribution in [3.8, 4) is 0 Å². The number of hydrogen-bond donors (Lipinski definition) is 2. The van der Waals surface area contributed by atoms with Crippen LogP contribution in [-0.4, -0.2) is 67.4 Å². The highest BCUT2D eigenvalue weighted by Crippen LogP contribution is 2.42. The van der Waals surface area contributed by atoms with Gasteiger partial charge in [0.2, 0.25) is 0 Å². The summed E-state index contributed by atoms with van der Waals surface area (Å²) in [6, 6.07) is -0.0498. The molecule has 2 heterocycles. The Bertz CT molecular complexity index is 855. The summed E-state index contributed by atoms with van der Waals surface area (Å²) in [4.78, 5) is 9.12. The number of nitrogens with zero attached hydrogens (tertiary/aromatic N) is 2. The predicted octanol–water partition coefficient (Wildman–Crippen LogP) is 5.43. The number of anilines is 2. The Kier molecular flexibility index (Phi) is 9.02. The molecule has 0 unspecified atom stereocenters. The molecule has 11 heteroatoms. The Hall–Kier alpha value is -0.433. The molecule has 1 aromatic rings. The van der Waals surface area contributed by atoms with Gasteiger partial charge < -0.3 is 29.7 Å². The Labute approximate surface area is 218 Å². The van der Waals surface area contributed by atoms with E-state index in [1.165, 1.54) is 0 Å². The second-order valence-corrected chi connectivity index (χ2v) is 17.6. The molecule has 34 heavy (non-hydrogen) atoms. The molecule has 194 valence electrons. The van der Waals surface area contributed by atoms with E-state index in [1.807, 2.05) is 13.8 Å². The van der Waals surface area contributed by atoms with Gasteiger partial charge in [0.25, 0.3) is 0 Å². The van der Waals surface area contributed by atoms with Crippen LogP contribution in [0.25, 0.3) is 0 Å². The topological polar surface area (TPSA) is 101 Å². The fraction of sp³-hybridized carbons (Fsp3) is 0.826. The van der Waals surface area contributed by atoms with Crippen molar-refractivity contribution in [1.29, 1.82) is 0 Å². The number of ether oxygens (including phenoxy) is 3. The maximum atomic E-state index is 6.30. The summed E-state index contributed by atoms with van der Waals surface area (Å²) in [5.74, 6) is 0.885. The summed E-state index contributed by atoms with van der Waals surface area (Å²) in [6.45, 7) is 18.4. The number of aromatic nitrogens is 2. The van der Waals surface area contributed by atoms with E-state index in [9.17, 15) is 0 Å². The highest BCUT2D eigenvalue weighted by atomic mass is 79.9. The molecular formula is C23H41BrN4O4SSi. The summed E-state index contributed by atoms with van der Waals surface area (Å²) in [7, 11) is -1.81. The van der Waals surface area contributed by atoms with Crippen molar-refractivity contribution < 1.29 is 18.6 Å². The minimum Gasteiger partial charge on any atom is -0.414 e. The molecule has 2 aliphatic rings. The average molecular weight is 578 g/mol. The van der Waals surface area contributed by atoms with Crippen LogP contribution in [0, 0.1) is 0 Å². The van der Waals surface area contributed by atoms with Gasteiger partial charge in [-0.3, -0.25) is 0 Å². The lowest BCUT2D eigenvalue weighted by Gasteiger charge is -2.36. The summed E-state index contributed by atoms with van der Waals surface area (Å²) in [5.41, 5.74) is 6.79. The molecule has 0 spiro atoms. The molecule has 1 aliphatic carbocycles. The lowest BCUT2D eigenvalue weighted by Crippen LogP contribution is -2.42. The first-order valence-electron chi connectivity index (χ1n) is 12.1. The third-order valence-electron chi connectivity index (χ3n) is 6.73. The second kappa shape index (κ2) is 10.9. The average Bonchev–Trinajstić information content (AvgIpc) is 3.20. The minimum atomic E-state index is -1.81. The largest absolute Gasteiger partial charge is 0.414 e. The van der Waals surface area contributed by atoms with Gasteiger partial charge in [0.15, 0.2) is 25.1 Å². The summed E-state index contributed by atoms with van der Waals surface area (Å²) in [5, 5.41) is 4.38. The van der Waals surface area contributed by atoms with Crippen molar-refractivity contribution in [2.24, 2.45) is 0 Å². The van der Waals surface area contributed by atoms with Gasteiger partial charge >= 0.3 is 0 Å². The molecule has 0 bridgehead atoms. The van der Waals surface area contributed by atoms with Crippen molar-refractivity contribution in [3.05, 3.63) is 4.60 Å². The van der Waals surface area contributed by atoms with Gasteiger partial charge in [-0.15, -0.1) is 0 Å². The van der Waals surface area contributed by atoms with Crippen molar-refractivity contribution in [1.82, 2.24) is 9.97 Å². The number of thioether (sulfide) groups is 1. The van der Waals surface area contributed by atoms with Crippen LogP contribution in [0.2, 0.25) is 18.1 Å². The SMILES string of the molecule is CCCSc1nc(Br)c(N)c(N[C@@H]2C[C@H](OCCO[Si](C)(C)C(C)(C)C)[C@H]3OC(C)(C)O[C@H]32)n1. The Balaban J connectivity index is 1.67. The van der Waals surface area contributed by atoms with Gasteiger partial charge in [0.1, 0.15) is 22.5 Å². The highest BCUT2D eigenvalue weighted by Gasteiger charge is 2.55. The molecule has 1 aromatic heterocycles. The zero-order valence-corrected chi connectivity index (χ0v) is 25.1. The Morgan fingerprint density at radius 1 is 1.21 bits per heavy atom. The molecule has 8 nitrogen and oxygen atoms in total. The van der Waals surface area contributed by atoms with Crippen LogP contribution in [0.15, 0.2) is 9.76 Å². The summed E-state index contributed by atoms with van der Waals surface area (Å²) >= 11 is 5.09. The van der Waals surface area contributed by atoms with Gasteiger partial charge in [-0.2, -0.15) is 0 Å². The van der Waals surface area contributed by atoms with Crippen molar-refractivity contribution >= 4 is 47.5 Å². The van der Waals surface area contributed by atoms with Gasteiger partial charge in [0.05, 0.1) is 25.4 Å². The van der Waals surface area contributed by atoms with Crippen LogP contribution in [0.3, 0.4) is 0 Å². The first-order chi connectivity index (χ1) is 15.7. The maximum Gasteiger partial charge on any atom is 0.192 e. The first kappa shape index (κ1) is 28.1. The first-order valence-corrected chi connectivity index (χ1v) is 16.8. The molecule has 0 aromatic carbocycles. The predicted molar refractivity (Wildman–Crippen MR) is 144 cm³/mol. The fourth-order valence-electron chi connectivity index (χ4n) is 3.92. The zero-order chi connectivity index (χ0) is 25.3. The molecule has 3 rings (SSSR count). The minimum absolute atomic E-state index is 0.0498. The Morgan fingerprint density at radius 2 is 1.88 bits per heavy atom. The zero-order valence-electron chi connectivity index (χ0n) is 21.7. The normalized spacial score (nSPS) is 26.6. The maximum absolute atomic E-state index is 6.30. The van der Waals surface area contributed by atoms with Crippen LogP contribution in [0.5, 0.6) is 0 Å². The van der Waals surface area contributed by atoms with E-state index in [4.69, 9.17) is 24.4 Å². The standard InChI is InChI=1S/C23H41BrN4O4SSi/c1-9-12-33-21-27-19(24)16(25)20(28-21)26-14-13-15(18-17(14)31-23(5,6)32-18)29-10-11-30-34(7,8)22(2,3)4/h14-15,17-18H,9-13,25H2,1-8H3,(H,26,27,28)/t14-,15+,17+,18-/m1/s1. The number of fused-ring (bicyclic) bond motifs is 1. The van der Waals surface area contributed by atoms with E-state index in [1.54, 1.807) is 11.8 Å². The molecule has 4 atom stereocenters. The smallest absolute Gasteiger partial charge is 0.192 e. The number of hydrogen-bond acceptors (Lipinski definition) is 9. The van der Waals surface area contributed by atoms with E-state index in [0.717, 1.165) is 18.6 Å². The van der Waals surface area contributed by atoms with Crippen molar-refractivity contribution in [3.63, 3.8) is 0 Å². The van der Waals surface area contributed by atoms with Crippen LogP contribution < -0.4 is 11.1 Å². The third-order valence-corrected chi connectivity index (χ3v) is 12.9. The third kappa shape index (κ3) is 6.66. The van der Waals surface area contributed by atoms with Crippen LogP contribution in [-0.2, 0) is 18.6 Å². The summed E-state index contributed by atoms with van der Waals surface area (Å²) in [6.07, 6.45) is 1.34. The molecule has 1 saturated heterocycles. The highest BCUT2D eigenvalue weighted by molar-refractivity contribution is 9.10. The fourth-order valence-corrected chi connectivity index (χ4v) is 6.12. The van der Waals surface area contributed by atoms with Crippen molar-refractivity contribution in [2.75, 3.05) is 30.0 Å². The molecule has 1 saturated carbocycles. The van der Waals surface area contributed by atoms with E-state index in [2.05, 4.69) is 72.0 Å². The second-order valence-electron chi connectivity index (χ2n) is 11.0. The van der Waals surface area contributed by atoms with E-state index in [-0.39, 0.29) is 29.4 Å². The molecule has 2 fully saturated rings. The van der Waals surface area contributed by atoms with E-state index < -0.39 is 14.1 Å². The quantitative estimate of drug-likeness (QED) is 0.124. The number of nitrogen functional groups attached to an aromatic ring is 1. The molecule has 0 radical (unpaired) electrons. The van der Waals surface area contributed by atoms with Crippen LogP contribution in [0.4, 0.5) is 11.5 Å². The van der Waals surface area contributed by atoms with Gasteiger partial charge in [0, 0.05) is 5.75 Å². The van der Waals surface area contributed by atoms with E-state index in [0.29, 0.717) is 34.5 Å². The van der Waals surface area contributed by atoms with E-state index >= 15 is 0 Å². The number of rotatable bonds is 10. The Morgan fingerprint density at radius 3 is 2.53 bits per heavy atom. The number of nitrogens with two attached hydrogens (primary N) is 1. The number of halogens is 1. The lowest BCUT2D eigenvalue weighted by atomic mass is 10.2. The number of nitrogens with one attached hydrogen (secondary N) is 1. The van der Waals surface area contributed by atoms with Crippen LogP contribution in [0.1, 0.15) is 54.4 Å². The molecule has 0 amide bonds. The van der Waals surface area contributed by atoms with Gasteiger partial charge in [-0.25, -0.2) is 9.97 Å². The van der Waals surface area contributed by atoms with Gasteiger partial charge in [-0.05, 0) is 60.8 Å².